The molecule has 0 unspecified atom stereocenters. The SMILES string of the molecule is COCC(=O)Nc1ccc(N(C)C)c(CN(Cc2ccccc2)C(=O)NC(C)(C)C)c1. The van der Waals surface area contributed by atoms with Crippen LogP contribution in [0.1, 0.15) is 31.9 Å². The molecule has 7 nitrogen and oxygen atoms in total. The molecule has 0 radical (unpaired) electrons. The lowest BCUT2D eigenvalue weighted by Gasteiger charge is -2.30. The Hall–Kier alpha value is -3.06. The molecular weight excluding hydrogens is 392 g/mol. The second kappa shape index (κ2) is 10.8. The minimum Gasteiger partial charge on any atom is -0.377 e. The van der Waals surface area contributed by atoms with Crippen LogP contribution in [0, 0.1) is 0 Å². The van der Waals surface area contributed by atoms with Gasteiger partial charge in [0.25, 0.3) is 0 Å². The third kappa shape index (κ3) is 7.94. The minimum absolute atomic E-state index is 0.0150. The van der Waals surface area contributed by atoms with Crippen molar-refractivity contribution >= 4 is 23.3 Å². The number of anilines is 2. The molecule has 0 heterocycles. The van der Waals surface area contributed by atoms with E-state index in [1.54, 1.807) is 4.90 Å². The number of carbonyl (C=O) groups is 2. The molecule has 0 bridgehead atoms. The summed E-state index contributed by atoms with van der Waals surface area (Å²) in [6.07, 6.45) is 0. The van der Waals surface area contributed by atoms with Crippen molar-refractivity contribution < 1.29 is 14.3 Å². The van der Waals surface area contributed by atoms with E-state index in [0.717, 1.165) is 16.8 Å². The van der Waals surface area contributed by atoms with E-state index in [4.69, 9.17) is 4.74 Å². The largest absolute Gasteiger partial charge is 0.377 e. The summed E-state index contributed by atoms with van der Waals surface area (Å²) in [6, 6.07) is 15.5. The zero-order valence-corrected chi connectivity index (χ0v) is 19.4. The van der Waals surface area contributed by atoms with Crippen LogP contribution in [0.2, 0.25) is 0 Å². The number of nitrogens with zero attached hydrogens (tertiary/aromatic N) is 2. The molecule has 31 heavy (non-hydrogen) atoms. The highest BCUT2D eigenvalue weighted by Gasteiger charge is 2.22. The summed E-state index contributed by atoms with van der Waals surface area (Å²) in [5, 5.41) is 5.90. The molecule has 0 atom stereocenters. The molecule has 3 amide bonds. The molecule has 7 heteroatoms. The smallest absolute Gasteiger partial charge is 0.318 e. The number of benzene rings is 2. The van der Waals surface area contributed by atoms with Crippen LogP contribution in [0.4, 0.5) is 16.2 Å². The summed E-state index contributed by atoms with van der Waals surface area (Å²) in [5.74, 6) is -0.224. The number of ether oxygens (including phenoxy) is 1. The standard InChI is InChI=1S/C24H34N4O3/c1-24(2,3)26-23(30)28(15-18-10-8-7-9-11-18)16-19-14-20(25-22(29)17-31-6)12-13-21(19)27(4)5/h7-14H,15-17H2,1-6H3,(H,25,29)(H,26,30). The molecule has 0 aromatic heterocycles. The lowest BCUT2D eigenvalue weighted by atomic mass is 10.1. The van der Waals surface area contributed by atoms with Crippen LogP contribution in [0.3, 0.4) is 0 Å². The highest BCUT2D eigenvalue weighted by molar-refractivity contribution is 5.92. The molecule has 2 rings (SSSR count). The monoisotopic (exact) mass is 426 g/mol. The third-order valence-corrected chi connectivity index (χ3v) is 4.47. The number of rotatable bonds is 8. The van der Waals surface area contributed by atoms with E-state index in [1.807, 2.05) is 88.3 Å². The first-order valence-electron chi connectivity index (χ1n) is 10.3. The fourth-order valence-corrected chi connectivity index (χ4v) is 3.16. The second-order valence-electron chi connectivity index (χ2n) is 8.74. The molecule has 0 saturated heterocycles. The first-order valence-corrected chi connectivity index (χ1v) is 10.3. The van der Waals surface area contributed by atoms with Crippen LogP contribution in [-0.2, 0) is 22.6 Å². The summed E-state index contributed by atoms with van der Waals surface area (Å²) < 4.78 is 4.90. The van der Waals surface area contributed by atoms with Gasteiger partial charge in [0, 0.05) is 51.2 Å². The van der Waals surface area contributed by atoms with Crippen LogP contribution in [0.15, 0.2) is 48.5 Å². The molecule has 0 aliphatic heterocycles. The van der Waals surface area contributed by atoms with Crippen LogP contribution in [0.5, 0.6) is 0 Å². The number of hydrogen-bond donors (Lipinski definition) is 2. The van der Waals surface area contributed by atoms with Crippen molar-refractivity contribution in [3.63, 3.8) is 0 Å². The van der Waals surface area contributed by atoms with E-state index in [1.165, 1.54) is 7.11 Å². The molecule has 0 fully saturated rings. The second-order valence-corrected chi connectivity index (χ2v) is 8.74. The van der Waals surface area contributed by atoms with Crippen molar-refractivity contribution in [2.75, 3.05) is 38.0 Å². The first kappa shape index (κ1) is 24.2. The fourth-order valence-electron chi connectivity index (χ4n) is 3.16. The Kier molecular flexibility index (Phi) is 8.45. The topological polar surface area (TPSA) is 73.9 Å². The van der Waals surface area contributed by atoms with Crippen molar-refractivity contribution in [1.82, 2.24) is 10.2 Å². The van der Waals surface area contributed by atoms with Gasteiger partial charge in [0.15, 0.2) is 0 Å². The van der Waals surface area contributed by atoms with Gasteiger partial charge in [-0.1, -0.05) is 30.3 Å². The van der Waals surface area contributed by atoms with Gasteiger partial charge in [-0.25, -0.2) is 4.79 Å². The van der Waals surface area contributed by atoms with Gasteiger partial charge >= 0.3 is 6.03 Å². The molecule has 0 saturated carbocycles. The zero-order valence-electron chi connectivity index (χ0n) is 19.4. The maximum atomic E-state index is 13.1. The third-order valence-electron chi connectivity index (χ3n) is 4.47. The Balaban J connectivity index is 2.35. The summed E-state index contributed by atoms with van der Waals surface area (Å²) in [7, 11) is 5.40. The van der Waals surface area contributed by atoms with Crippen molar-refractivity contribution in [2.24, 2.45) is 0 Å². The lowest BCUT2D eigenvalue weighted by Crippen LogP contribution is -2.48. The predicted molar refractivity (Wildman–Crippen MR) is 125 cm³/mol. The molecule has 168 valence electrons. The Bertz CT molecular complexity index is 876. The van der Waals surface area contributed by atoms with Crippen LogP contribution in [-0.4, -0.2) is 50.2 Å². The van der Waals surface area contributed by atoms with Gasteiger partial charge in [-0.15, -0.1) is 0 Å². The normalized spacial score (nSPS) is 11.0. The Morgan fingerprint density at radius 3 is 2.26 bits per heavy atom. The summed E-state index contributed by atoms with van der Waals surface area (Å²) in [5.41, 5.74) is 3.26. The Morgan fingerprint density at radius 2 is 1.68 bits per heavy atom. The summed E-state index contributed by atoms with van der Waals surface area (Å²) in [6.45, 7) is 6.72. The van der Waals surface area contributed by atoms with Crippen LogP contribution in [0.25, 0.3) is 0 Å². The van der Waals surface area contributed by atoms with Crippen LogP contribution < -0.4 is 15.5 Å². The Labute approximate surface area is 185 Å². The van der Waals surface area contributed by atoms with Gasteiger partial charge in [0.1, 0.15) is 6.61 Å². The van der Waals surface area contributed by atoms with Gasteiger partial charge in [0.2, 0.25) is 5.91 Å². The average molecular weight is 427 g/mol. The maximum Gasteiger partial charge on any atom is 0.318 e. The van der Waals surface area contributed by atoms with Crippen molar-refractivity contribution in [3.05, 3.63) is 59.7 Å². The number of amides is 3. The van der Waals surface area contributed by atoms with E-state index >= 15 is 0 Å². The molecule has 0 aliphatic carbocycles. The molecule has 2 aromatic rings. The van der Waals surface area contributed by atoms with Crippen molar-refractivity contribution in [1.29, 1.82) is 0 Å². The van der Waals surface area contributed by atoms with E-state index in [0.29, 0.717) is 18.8 Å². The van der Waals surface area contributed by atoms with Crippen LogP contribution >= 0.6 is 0 Å². The molecule has 0 aliphatic rings. The zero-order chi connectivity index (χ0) is 23.0. The quantitative estimate of drug-likeness (QED) is 0.673. The number of methoxy groups -OCH3 is 1. The number of hydrogen-bond acceptors (Lipinski definition) is 4. The average Bonchev–Trinajstić information content (AvgIpc) is 2.67. The van der Waals surface area contributed by atoms with Gasteiger partial charge in [-0.2, -0.15) is 0 Å². The predicted octanol–water partition coefficient (Wildman–Crippen LogP) is 3.85. The van der Waals surface area contributed by atoms with Gasteiger partial charge < -0.3 is 25.2 Å². The van der Waals surface area contributed by atoms with Gasteiger partial charge in [0.05, 0.1) is 0 Å². The summed E-state index contributed by atoms with van der Waals surface area (Å²) >= 11 is 0. The number of carbonyl (C=O) groups excluding carboxylic acids is 2. The van der Waals surface area contributed by atoms with E-state index < -0.39 is 0 Å². The van der Waals surface area contributed by atoms with E-state index in [-0.39, 0.29) is 24.1 Å². The minimum atomic E-state index is -0.355. The fraction of sp³-hybridized carbons (Fsp3) is 0.417. The first-order chi connectivity index (χ1) is 14.6. The number of urea groups is 1. The van der Waals surface area contributed by atoms with E-state index in [9.17, 15) is 9.59 Å². The molecular formula is C24H34N4O3. The van der Waals surface area contributed by atoms with Gasteiger partial charge in [-0.05, 0) is 50.1 Å². The molecule has 2 aromatic carbocycles. The van der Waals surface area contributed by atoms with E-state index in [2.05, 4.69) is 10.6 Å². The highest BCUT2D eigenvalue weighted by Crippen LogP contribution is 2.25. The Morgan fingerprint density at radius 1 is 1.00 bits per heavy atom. The molecule has 0 spiro atoms. The van der Waals surface area contributed by atoms with Gasteiger partial charge in [-0.3, -0.25) is 4.79 Å². The van der Waals surface area contributed by atoms with Crippen molar-refractivity contribution in [2.45, 2.75) is 39.4 Å². The number of nitrogens with one attached hydrogen (secondary N) is 2. The molecule has 2 N–H and O–H groups in total. The lowest BCUT2D eigenvalue weighted by molar-refractivity contribution is -0.119. The summed E-state index contributed by atoms with van der Waals surface area (Å²) in [4.78, 5) is 28.8. The highest BCUT2D eigenvalue weighted by atomic mass is 16.5. The van der Waals surface area contributed by atoms with Crippen molar-refractivity contribution in [3.8, 4) is 0 Å². The maximum absolute atomic E-state index is 13.1.